The largest absolute Gasteiger partial charge is 0.490 e. The summed E-state index contributed by atoms with van der Waals surface area (Å²) in [5.41, 5.74) is 4.90. The molecule has 0 spiro atoms. The molecule has 4 rings (SSSR count). The summed E-state index contributed by atoms with van der Waals surface area (Å²) in [4.78, 5) is 26.3. The molecular weight excluding hydrogens is 519 g/mol. The lowest BCUT2D eigenvalue weighted by Crippen LogP contribution is -2.47. The van der Waals surface area contributed by atoms with Gasteiger partial charge in [-0.05, 0) is 49.2 Å². The number of nitrogens with zero attached hydrogens (tertiary/aromatic N) is 2. The SMILES string of the molecule is Cc1ccc(C(=O)Nc2ccc(Cl)c(N3CCN(CCc4ccccc4)CC3)c2)cc1.O=C(O)C(F)(F)F. The van der Waals surface area contributed by atoms with E-state index in [-0.39, 0.29) is 5.91 Å². The summed E-state index contributed by atoms with van der Waals surface area (Å²) in [6.45, 7) is 6.92. The van der Waals surface area contributed by atoms with Gasteiger partial charge in [-0.2, -0.15) is 13.2 Å². The van der Waals surface area contributed by atoms with Crippen LogP contribution in [0.2, 0.25) is 5.02 Å². The number of hydrogen-bond donors (Lipinski definition) is 2. The van der Waals surface area contributed by atoms with Gasteiger partial charge in [0.2, 0.25) is 0 Å². The molecule has 3 aromatic rings. The number of amides is 1. The van der Waals surface area contributed by atoms with Crippen LogP contribution in [0.1, 0.15) is 21.5 Å². The van der Waals surface area contributed by atoms with Crippen molar-refractivity contribution in [2.75, 3.05) is 42.9 Å². The summed E-state index contributed by atoms with van der Waals surface area (Å²) in [7, 11) is 0. The summed E-state index contributed by atoms with van der Waals surface area (Å²) in [5.74, 6) is -2.87. The first-order chi connectivity index (χ1) is 18.0. The summed E-state index contributed by atoms with van der Waals surface area (Å²) < 4.78 is 31.7. The van der Waals surface area contributed by atoms with Crippen molar-refractivity contribution in [3.63, 3.8) is 0 Å². The average Bonchev–Trinajstić information content (AvgIpc) is 2.90. The van der Waals surface area contributed by atoms with E-state index in [9.17, 15) is 18.0 Å². The molecule has 0 aromatic heterocycles. The van der Waals surface area contributed by atoms with Crippen LogP contribution >= 0.6 is 11.6 Å². The molecule has 2 N–H and O–H groups in total. The highest BCUT2D eigenvalue weighted by molar-refractivity contribution is 6.33. The Morgan fingerprint density at radius 3 is 2.13 bits per heavy atom. The van der Waals surface area contributed by atoms with E-state index in [1.807, 2.05) is 49.4 Å². The van der Waals surface area contributed by atoms with Crippen LogP contribution in [0.15, 0.2) is 72.8 Å². The van der Waals surface area contributed by atoms with Crippen molar-refractivity contribution in [1.29, 1.82) is 0 Å². The van der Waals surface area contributed by atoms with Gasteiger partial charge in [0.25, 0.3) is 5.91 Å². The van der Waals surface area contributed by atoms with Crippen molar-refractivity contribution in [3.05, 3.63) is 94.5 Å². The molecule has 1 saturated heterocycles. The third-order valence-electron chi connectivity index (χ3n) is 6.03. The maximum Gasteiger partial charge on any atom is 0.490 e. The Bertz CT molecular complexity index is 1210. The Kier molecular flexibility index (Phi) is 10.2. The first kappa shape index (κ1) is 29.0. The second-order valence-electron chi connectivity index (χ2n) is 8.85. The van der Waals surface area contributed by atoms with E-state index < -0.39 is 12.1 Å². The second-order valence-corrected chi connectivity index (χ2v) is 9.26. The minimum Gasteiger partial charge on any atom is -0.475 e. The fourth-order valence-electron chi connectivity index (χ4n) is 3.89. The van der Waals surface area contributed by atoms with E-state index in [4.69, 9.17) is 21.5 Å². The zero-order valence-corrected chi connectivity index (χ0v) is 21.6. The number of carboxylic acids is 1. The summed E-state index contributed by atoms with van der Waals surface area (Å²) in [6, 6.07) is 23.9. The topological polar surface area (TPSA) is 72.9 Å². The molecule has 0 atom stereocenters. The fourth-order valence-corrected chi connectivity index (χ4v) is 4.12. The average molecular weight is 548 g/mol. The summed E-state index contributed by atoms with van der Waals surface area (Å²) in [5, 5.41) is 10.8. The van der Waals surface area contributed by atoms with Crippen molar-refractivity contribution >= 4 is 34.9 Å². The highest BCUT2D eigenvalue weighted by Crippen LogP contribution is 2.30. The lowest BCUT2D eigenvalue weighted by Gasteiger charge is -2.36. The normalized spacial score (nSPS) is 13.9. The van der Waals surface area contributed by atoms with Gasteiger partial charge in [-0.1, -0.05) is 59.6 Å². The molecular formula is C28H29ClF3N3O3. The van der Waals surface area contributed by atoms with Gasteiger partial charge in [0, 0.05) is 44.0 Å². The number of piperazine rings is 1. The van der Waals surface area contributed by atoms with E-state index in [2.05, 4.69) is 45.4 Å². The van der Waals surface area contributed by atoms with Crippen molar-refractivity contribution in [2.45, 2.75) is 19.5 Å². The number of nitrogens with one attached hydrogen (secondary N) is 1. The minimum atomic E-state index is -5.08. The highest BCUT2D eigenvalue weighted by Gasteiger charge is 2.38. The molecule has 0 bridgehead atoms. The molecule has 0 saturated carbocycles. The van der Waals surface area contributed by atoms with Crippen LogP contribution in [0.25, 0.3) is 0 Å². The zero-order valence-electron chi connectivity index (χ0n) is 20.8. The molecule has 6 nitrogen and oxygen atoms in total. The number of rotatable bonds is 6. The van der Waals surface area contributed by atoms with E-state index in [0.29, 0.717) is 10.6 Å². The molecule has 10 heteroatoms. The maximum atomic E-state index is 12.6. The van der Waals surface area contributed by atoms with E-state index >= 15 is 0 Å². The van der Waals surface area contributed by atoms with Crippen LogP contribution in [0, 0.1) is 6.92 Å². The highest BCUT2D eigenvalue weighted by atomic mass is 35.5. The molecule has 1 aliphatic heterocycles. The number of anilines is 2. The molecule has 0 radical (unpaired) electrons. The predicted molar refractivity (Wildman–Crippen MR) is 143 cm³/mol. The fraction of sp³-hybridized carbons (Fsp3) is 0.286. The molecule has 0 unspecified atom stereocenters. The smallest absolute Gasteiger partial charge is 0.475 e. The Balaban J connectivity index is 0.000000505. The lowest BCUT2D eigenvalue weighted by molar-refractivity contribution is -0.192. The maximum absolute atomic E-state index is 12.6. The molecule has 1 heterocycles. The van der Waals surface area contributed by atoms with Gasteiger partial charge in [-0.25, -0.2) is 4.79 Å². The van der Waals surface area contributed by atoms with Crippen molar-refractivity contribution in [2.24, 2.45) is 0 Å². The van der Waals surface area contributed by atoms with Gasteiger partial charge < -0.3 is 15.3 Å². The third-order valence-corrected chi connectivity index (χ3v) is 6.35. The number of hydrogen-bond acceptors (Lipinski definition) is 4. The molecule has 3 aromatic carbocycles. The van der Waals surface area contributed by atoms with Gasteiger partial charge >= 0.3 is 12.1 Å². The van der Waals surface area contributed by atoms with Gasteiger partial charge in [-0.3, -0.25) is 9.69 Å². The monoisotopic (exact) mass is 547 g/mol. The third kappa shape index (κ3) is 8.78. The van der Waals surface area contributed by atoms with Gasteiger partial charge in [-0.15, -0.1) is 0 Å². The summed E-state index contributed by atoms with van der Waals surface area (Å²) in [6.07, 6.45) is -4.01. The Labute approximate surface area is 224 Å². The number of alkyl halides is 3. The number of carbonyl (C=O) groups excluding carboxylic acids is 1. The number of benzene rings is 3. The van der Waals surface area contributed by atoms with Crippen molar-refractivity contribution in [1.82, 2.24) is 4.90 Å². The molecule has 1 aliphatic rings. The Hall–Kier alpha value is -3.56. The molecule has 0 aliphatic carbocycles. The predicted octanol–water partition coefficient (Wildman–Crippen LogP) is 5.90. The number of carbonyl (C=O) groups is 2. The van der Waals surface area contributed by atoms with E-state index in [1.165, 1.54) is 5.56 Å². The first-order valence-electron chi connectivity index (χ1n) is 12.0. The lowest BCUT2D eigenvalue weighted by atomic mass is 10.1. The number of carboxylic acid groups (broad SMARTS) is 1. The Morgan fingerprint density at radius 2 is 1.55 bits per heavy atom. The van der Waals surface area contributed by atoms with Crippen LogP contribution < -0.4 is 10.2 Å². The molecule has 38 heavy (non-hydrogen) atoms. The number of halogens is 4. The Morgan fingerprint density at radius 1 is 0.947 bits per heavy atom. The van der Waals surface area contributed by atoms with Gasteiger partial charge in [0.05, 0.1) is 10.7 Å². The minimum absolute atomic E-state index is 0.112. The van der Waals surface area contributed by atoms with Crippen LogP contribution in [0.4, 0.5) is 24.5 Å². The first-order valence-corrected chi connectivity index (χ1v) is 12.4. The van der Waals surface area contributed by atoms with E-state index in [0.717, 1.165) is 56.1 Å². The standard InChI is InChI=1S/C26H28ClN3O.C2HF3O2/c1-20-7-9-22(10-8-20)26(31)28-23-11-12-24(27)25(19-23)30-17-15-29(16-18-30)14-13-21-5-3-2-4-6-21;3-2(4,5)1(6)7/h2-12,19H,13-18H2,1H3,(H,28,31);(H,6,7). The number of aryl methyl sites for hydroxylation is 1. The van der Waals surface area contributed by atoms with Crippen LogP contribution in [-0.4, -0.2) is 60.8 Å². The molecule has 202 valence electrons. The van der Waals surface area contributed by atoms with E-state index in [1.54, 1.807) is 0 Å². The summed E-state index contributed by atoms with van der Waals surface area (Å²) >= 11 is 6.51. The van der Waals surface area contributed by atoms with Gasteiger partial charge in [0.15, 0.2) is 0 Å². The van der Waals surface area contributed by atoms with Crippen molar-refractivity contribution in [3.8, 4) is 0 Å². The second kappa shape index (κ2) is 13.3. The quantitative estimate of drug-likeness (QED) is 0.402. The molecule has 1 fully saturated rings. The molecule has 1 amide bonds. The van der Waals surface area contributed by atoms with Crippen LogP contribution in [0.5, 0.6) is 0 Å². The van der Waals surface area contributed by atoms with Crippen LogP contribution in [-0.2, 0) is 11.2 Å². The zero-order chi connectivity index (χ0) is 27.7. The van der Waals surface area contributed by atoms with Crippen LogP contribution in [0.3, 0.4) is 0 Å². The van der Waals surface area contributed by atoms with Crippen molar-refractivity contribution < 1.29 is 27.9 Å². The number of aliphatic carboxylic acids is 1. The van der Waals surface area contributed by atoms with Gasteiger partial charge in [0.1, 0.15) is 0 Å².